The molecule has 1 aliphatic heterocycles. The molecule has 2 fully saturated rings. The fourth-order valence-corrected chi connectivity index (χ4v) is 4.22. The van der Waals surface area contributed by atoms with Gasteiger partial charge in [-0.2, -0.15) is 0 Å². The van der Waals surface area contributed by atoms with Crippen LogP contribution in [0.25, 0.3) is 0 Å². The van der Waals surface area contributed by atoms with Crippen LogP contribution in [-0.2, 0) is 16.0 Å². The lowest BCUT2D eigenvalue weighted by Crippen LogP contribution is -2.59. The number of aromatic hydroxyl groups is 1. The number of primary amides is 1. The fourth-order valence-electron chi connectivity index (χ4n) is 4.22. The number of phenolic OH excluding ortho intramolecular Hbond substituents is 1. The SMILES string of the molecule is NC(=O)[C@H](Cc1ccc(O)cc1)NC(=O)NCC1(N2CCOCC2)CCCC1. The van der Waals surface area contributed by atoms with E-state index in [0.717, 1.165) is 57.6 Å². The molecule has 154 valence electrons. The fraction of sp³-hybridized carbons (Fsp3) is 0.600. The molecule has 1 aliphatic carbocycles. The summed E-state index contributed by atoms with van der Waals surface area (Å²) in [6.07, 6.45) is 4.70. The smallest absolute Gasteiger partial charge is 0.315 e. The van der Waals surface area contributed by atoms with Crippen molar-refractivity contribution in [2.75, 3.05) is 32.8 Å². The van der Waals surface area contributed by atoms with Crippen LogP contribution in [0.4, 0.5) is 4.79 Å². The van der Waals surface area contributed by atoms with Gasteiger partial charge in [0, 0.05) is 31.6 Å². The van der Waals surface area contributed by atoms with Crippen LogP contribution in [0.3, 0.4) is 0 Å². The van der Waals surface area contributed by atoms with Crippen molar-refractivity contribution in [2.24, 2.45) is 5.73 Å². The lowest BCUT2D eigenvalue weighted by atomic mass is 9.94. The van der Waals surface area contributed by atoms with Crippen LogP contribution in [0.5, 0.6) is 5.75 Å². The van der Waals surface area contributed by atoms with E-state index in [-0.39, 0.29) is 23.7 Å². The zero-order valence-electron chi connectivity index (χ0n) is 16.2. The van der Waals surface area contributed by atoms with Gasteiger partial charge in [0.05, 0.1) is 13.2 Å². The van der Waals surface area contributed by atoms with E-state index in [1.54, 1.807) is 24.3 Å². The number of benzene rings is 1. The van der Waals surface area contributed by atoms with E-state index in [4.69, 9.17) is 10.5 Å². The topological polar surface area (TPSA) is 117 Å². The summed E-state index contributed by atoms with van der Waals surface area (Å²) in [5, 5.41) is 15.0. The molecule has 0 radical (unpaired) electrons. The second kappa shape index (κ2) is 9.25. The summed E-state index contributed by atoms with van der Waals surface area (Å²) >= 11 is 0. The molecule has 1 aromatic rings. The number of nitrogens with zero attached hydrogens (tertiary/aromatic N) is 1. The molecule has 1 aromatic carbocycles. The summed E-state index contributed by atoms with van der Waals surface area (Å²) in [5.41, 5.74) is 6.25. The van der Waals surface area contributed by atoms with Crippen LogP contribution < -0.4 is 16.4 Å². The summed E-state index contributed by atoms with van der Waals surface area (Å²) in [5.74, 6) is -0.443. The molecule has 8 nitrogen and oxygen atoms in total. The molecule has 2 aliphatic rings. The van der Waals surface area contributed by atoms with E-state index in [2.05, 4.69) is 15.5 Å². The van der Waals surface area contributed by atoms with Crippen molar-refractivity contribution in [1.82, 2.24) is 15.5 Å². The van der Waals surface area contributed by atoms with Gasteiger partial charge in [0.1, 0.15) is 11.8 Å². The number of rotatable bonds is 7. The van der Waals surface area contributed by atoms with Gasteiger partial charge in [0.25, 0.3) is 0 Å². The lowest BCUT2D eigenvalue weighted by Gasteiger charge is -2.43. The molecule has 28 heavy (non-hydrogen) atoms. The number of ether oxygens (including phenoxy) is 1. The first-order valence-corrected chi connectivity index (χ1v) is 9.93. The number of hydrogen-bond donors (Lipinski definition) is 4. The molecule has 1 saturated heterocycles. The van der Waals surface area contributed by atoms with Gasteiger partial charge in [-0.3, -0.25) is 9.69 Å². The quantitative estimate of drug-likeness (QED) is 0.548. The van der Waals surface area contributed by atoms with E-state index in [9.17, 15) is 14.7 Å². The molecule has 5 N–H and O–H groups in total. The van der Waals surface area contributed by atoms with E-state index >= 15 is 0 Å². The molecule has 1 atom stereocenters. The predicted octanol–water partition coefficient (Wildman–Crippen LogP) is 0.733. The van der Waals surface area contributed by atoms with Crippen molar-refractivity contribution in [3.05, 3.63) is 29.8 Å². The van der Waals surface area contributed by atoms with Crippen molar-refractivity contribution in [1.29, 1.82) is 0 Å². The Bertz CT molecular complexity index is 667. The number of nitrogens with two attached hydrogens (primary N) is 1. The Morgan fingerprint density at radius 2 is 1.82 bits per heavy atom. The molecule has 3 amide bonds. The van der Waals surface area contributed by atoms with E-state index < -0.39 is 11.9 Å². The van der Waals surface area contributed by atoms with Gasteiger partial charge in [0.2, 0.25) is 5.91 Å². The van der Waals surface area contributed by atoms with Crippen LogP contribution >= 0.6 is 0 Å². The summed E-state index contributed by atoms with van der Waals surface area (Å²) < 4.78 is 5.46. The first-order chi connectivity index (χ1) is 13.5. The Balaban J connectivity index is 1.56. The third-order valence-electron chi connectivity index (χ3n) is 5.82. The number of urea groups is 1. The van der Waals surface area contributed by atoms with Gasteiger partial charge in [-0.1, -0.05) is 25.0 Å². The van der Waals surface area contributed by atoms with E-state index in [1.807, 2.05) is 0 Å². The number of phenols is 1. The number of nitrogens with one attached hydrogen (secondary N) is 2. The normalized spacial score (nSPS) is 20.4. The van der Waals surface area contributed by atoms with Crippen molar-refractivity contribution >= 4 is 11.9 Å². The maximum atomic E-state index is 12.5. The first kappa shape index (κ1) is 20.4. The van der Waals surface area contributed by atoms with Crippen molar-refractivity contribution in [3.63, 3.8) is 0 Å². The minimum atomic E-state index is -0.813. The summed E-state index contributed by atoms with van der Waals surface area (Å²) in [6.45, 7) is 3.76. The molecule has 0 aromatic heterocycles. The van der Waals surface area contributed by atoms with Gasteiger partial charge in [-0.25, -0.2) is 4.79 Å². The molecular weight excluding hydrogens is 360 g/mol. The van der Waals surface area contributed by atoms with Crippen LogP contribution in [-0.4, -0.2) is 66.4 Å². The van der Waals surface area contributed by atoms with Gasteiger partial charge in [0.15, 0.2) is 0 Å². The highest BCUT2D eigenvalue weighted by Gasteiger charge is 2.40. The van der Waals surface area contributed by atoms with Crippen LogP contribution in [0.1, 0.15) is 31.2 Å². The maximum absolute atomic E-state index is 12.5. The van der Waals surface area contributed by atoms with Crippen molar-refractivity contribution in [2.45, 2.75) is 43.7 Å². The highest BCUT2D eigenvalue weighted by molar-refractivity contribution is 5.86. The van der Waals surface area contributed by atoms with Gasteiger partial charge < -0.3 is 26.2 Å². The highest BCUT2D eigenvalue weighted by Crippen LogP contribution is 2.35. The zero-order chi connectivity index (χ0) is 20.0. The standard InChI is InChI=1S/C20H30N4O4/c21-18(26)17(13-15-3-5-16(25)6-4-15)23-19(27)22-14-20(7-1-2-8-20)24-9-11-28-12-10-24/h3-6,17,25H,1-2,7-14H2,(H2,21,26)(H2,22,23,27)/t17-/m0/s1. The number of amides is 3. The predicted molar refractivity (Wildman–Crippen MR) is 105 cm³/mol. The van der Waals surface area contributed by atoms with Crippen LogP contribution in [0.2, 0.25) is 0 Å². The second-order valence-electron chi connectivity index (χ2n) is 7.68. The molecule has 1 saturated carbocycles. The largest absolute Gasteiger partial charge is 0.508 e. The van der Waals surface area contributed by atoms with Crippen molar-refractivity contribution < 1.29 is 19.4 Å². The third kappa shape index (κ3) is 5.14. The van der Waals surface area contributed by atoms with E-state index in [0.29, 0.717) is 6.54 Å². The summed E-state index contributed by atoms with van der Waals surface area (Å²) in [4.78, 5) is 26.7. The Kier molecular flexibility index (Phi) is 6.74. The van der Waals surface area contributed by atoms with Gasteiger partial charge in [-0.05, 0) is 30.5 Å². The van der Waals surface area contributed by atoms with E-state index in [1.165, 1.54) is 0 Å². The Hall–Kier alpha value is -2.32. The minimum Gasteiger partial charge on any atom is -0.508 e. The Morgan fingerprint density at radius 1 is 1.18 bits per heavy atom. The third-order valence-corrected chi connectivity index (χ3v) is 5.82. The second-order valence-corrected chi connectivity index (χ2v) is 7.68. The molecular formula is C20H30N4O4. The molecule has 8 heteroatoms. The molecule has 3 rings (SSSR count). The van der Waals surface area contributed by atoms with Gasteiger partial charge in [-0.15, -0.1) is 0 Å². The summed E-state index contributed by atoms with van der Waals surface area (Å²) in [6, 6.07) is 5.29. The average Bonchev–Trinajstić information content (AvgIpc) is 3.18. The summed E-state index contributed by atoms with van der Waals surface area (Å²) in [7, 11) is 0. The number of morpholine rings is 1. The number of carbonyl (C=O) groups excluding carboxylic acids is 2. The van der Waals surface area contributed by atoms with Crippen LogP contribution in [0, 0.1) is 0 Å². The minimum absolute atomic E-state index is 0.0275. The number of hydrogen-bond acceptors (Lipinski definition) is 5. The van der Waals surface area contributed by atoms with Crippen LogP contribution in [0.15, 0.2) is 24.3 Å². The molecule has 1 heterocycles. The number of carbonyl (C=O) groups is 2. The Labute approximate surface area is 165 Å². The zero-order valence-corrected chi connectivity index (χ0v) is 16.2. The molecule has 0 spiro atoms. The van der Waals surface area contributed by atoms with Crippen molar-refractivity contribution in [3.8, 4) is 5.75 Å². The highest BCUT2D eigenvalue weighted by atomic mass is 16.5. The lowest BCUT2D eigenvalue weighted by molar-refractivity contribution is -0.119. The molecule has 0 bridgehead atoms. The Morgan fingerprint density at radius 3 is 2.43 bits per heavy atom. The average molecular weight is 390 g/mol. The molecule has 0 unspecified atom stereocenters. The monoisotopic (exact) mass is 390 g/mol. The first-order valence-electron chi connectivity index (χ1n) is 9.93. The van der Waals surface area contributed by atoms with Gasteiger partial charge >= 0.3 is 6.03 Å². The maximum Gasteiger partial charge on any atom is 0.315 e.